The fourth-order valence-electron chi connectivity index (χ4n) is 6.22. The van der Waals surface area contributed by atoms with Crippen LogP contribution in [0.15, 0.2) is 60.7 Å². The molecule has 0 radical (unpaired) electrons. The van der Waals surface area contributed by atoms with E-state index in [-0.39, 0.29) is 35.1 Å². The van der Waals surface area contributed by atoms with Gasteiger partial charge in [-0.2, -0.15) is 0 Å². The van der Waals surface area contributed by atoms with Crippen molar-refractivity contribution in [3.05, 3.63) is 83.0 Å². The molecule has 0 bridgehead atoms. The van der Waals surface area contributed by atoms with Crippen LogP contribution in [-0.2, 0) is 22.4 Å². The van der Waals surface area contributed by atoms with Crippen molar-refractivity contribution in [2.24, 2.45) is 0 Å². The lowest BCUT2D eigenvalue weighted by atomic mass is 9.93. The lowest BCUT2D eigenvalue weighted by Crippen LogP contribution is -2.57. The molecule has 6 nitrogen and oxygen atoms in total. The highest BCUT2D eigenvalue weighted by Gasteiger charge is 2.55. The number of benzene rings is 2. The monoisotopic (exact) mass is 530 g/mol. The molecular formula is C33H42N2O4. The highest BCUT2D eigenvalue weighted by Crippen LogP contribution is 2.44. The Balaban J connectivity index is 1.57. The molecule has 2 fully saturated rings. The third-order valence-electron chi connectivity index (χ3n) is 8.33. The van der Waals surface area contributed by atoms with Gasteiger partial charge in [0.05, 0.1) is 0 Å². The maximum Gasteiger partial charge on any atom is 0.224 e. The van der Waals surface area contributed by atoms with Crippen molar-refractivity contribution in [3.63, 3.8) is 0 Å². The Labute approximate surface area is 232 Å². The molecule has 4 rings (SSSR count). The summed E-state index contributed by atoms with van der Waals surface area (Å²) in [5.41, 5.74) is 5.11. The first-order valence-electron chi connectivity index (χ1n) is 13.9. The number of aromatic hydroxyl groups is 2. The summed E-state index contributed by atoms with van der Waals surface area (Å²) in [6, 6.07) is 11.3. The van der Waals surface area contributed by atoms with Crippen LogP contribution in [0.1, 0.15) is 87.5 Å². The molecule has 2 aliphatic rings. The first-order valence-corrected chi connectivity index (χ1v) is 13.9. The van der Waals surface area contributed by atoms with Crippen molar-refractivity contribution in [2.45, 2.75) is 83.7 Å². The van der Waals surface area contributed by atoms with Crippen LogP contribution in [0.3, 0.4) is 0 Å². The predicted octanol–water partition coefficient (Wildman–Crippen LogP) is 6.18. The van der Waals surface area contributed by atoms with Gasteiger partial charge in [-0.05, 0) is 85.8 Å². The normalized spacial score (nSPS) is 20.6. The van der Waals surface area contributed by atoms with Gasteiger partial charge in [-0.1, -0.05) is 62.4 Å². The Bertz CT molecular complexity index is 1200. The van der Waals surface area contributed by atoms with E-state index in [0.29, 0.717) is 51.6 Å². The lowest BCUT2D eigenvalue weighted by molar-refractivity contribution is -0.143. The minimum absolute atomic E-state index is 0.0326. The van der Waals surface area contributed by atoms with Crippen LogP contribution in [-0.4, -0.2) is 50.6 Å². The number of rotatable bonds is 10. The topological polar surface area (TPSA) is 81.1 Å². The first-order chi connectivity index (χ1) is 18.4. The van der Waals surface area contributed by atoms with E-state index in [9.17, 15) is 19.8 Å². The number of amides is 2. The van der Waals surface area contributed by atoms with E-state index in [1.165, 1.54) is 0 Å². The average Bonchev–Trinajstić information content (AvgIpc) is 3.35. The second kappa shape index (κ2) is 11.3. The van der Waals surface area contributed by atoms with Gasteiger partial charge < -0.3 is 20.0 Å². The molecule has 2 N–H and O–H groups in total. The molecule has 208 valence electrons. The largest absolute Gasteiger partial charge is 0.508 e. The third-order valence-corrected chi connectivity index (χ3v) is 8.33. The average molecular weight is 531 g/mol. The van der Waals surface area contributed by atoms with Crippen LogP contribution in [0.2, 0.25) is 0 Å². The van der Waals surface area contributed by atoms with Crippen molar-refractivity contribution in [1.29, 1.82) is 0 Å². The second-order valence-corrected chi connectivity index (χ2v) is 11.8. The van der Waals surface area contributed by atoms with Gasteiger partial charge in [0.1, 0.15) is 17.2 Å². The zero-order valence-electron chi connectivity index (χ0n) is 23.8. The maximum absolute atomic E-state index is 13.3. The summed E-state index contributed by atoms with van der Waals surface area (Å²) in [7, 11) is 0. The summed E-state index contributed by atoms with van der Waals surface area (Å²) in [5, 5.41) is 20.6. The van der Waals surface area contributed by atoms with Crippen molar-refractivity contribution < 1.29 is 19.8 Å². The summed E-state index contributed by atoms with van der Waals surface area (Å²) >= 11 is 0. The molecule has 2 aromatic carbocycles. The van der Waals surface area contributed by atoms with Crippen LogP contribution < -0.4 is 0 Å². The number of carbonyl (C=O) groups excluding carboxylic acids is 2. The fourth-order valence-corrected chi connectivity index (χ4v) is 6.22. The Morgan fingerprint density at radius 2 is 1.18 bits per heavy atom. The van der Waals surface area contributed by atoms with Crippen molar-refractivity contribution in [2.75, 3.05) is 13.1 Å². The van der Waals surface area contributed by atoms with E-state index in [1.807, 2.05) is 47.9 Å². The van der Waals surface area contributed by atoms with Crippen molar-refractivity contribution in [1.82, 2.24) is 9.80 Å². The maximum atomic E-state index is 13.3. The third kappa shape index (κ3) is 5.90. The van der Waals surface area contributed by atoms with Gasteiger partial charge in [-0.3, -0.25) is 9.59 Å². The minimum Gasteiger partial charge on any atom is -0.508 e. The molecule has 6 heteroatoms. The molecule has 2 heterocycles. The number of carbonyl (C=O) groups is 2. The molecule has 2 aromatic rings. The van der Waals surface area contributed by atoms with E-state index < -0.39 is 5.66 Å². The molecule has 2 saturated heterocycles. The molecule has 2 aliphatic heterocycles. The van der Waals surface area contributed by atoms with Gasteiger partial charge in [0.15, 0.2) is 0 Å². The highest BCUT2D eigenvalue weighted by atomic mass is 16.3. The number of likely N-dealkylation sites (tertiary alicyclic amines) is 2. The Morgan fingerprint density at radius 3 is 1.54 bits per heavy atom. The van der Waals surface area contributed by atoms with Crippen LogP contribution >= 0.6 is 0 Å². The van der Waals surface area contributed by atoms with Gasteiger partial charge in [-0.15, -0.1) is 0 Å². The zero-order chi connectivity index (χ0) is 28.5. The van der Waals surface area contributed by atoms with Gasteiger partial charge in [0.25, 0.3) is 0 Å². The van der Waals surface area contributed by atoms with Gasteiger partial charge in [0.2, 0.25) is 11.8 Å². The zero-order valence-corrected chi connectivity index (χ0v) is 23.8. The van der Waals surface area contributed by atoms with E-state index in [0.717, 1.165) is 33.4 Å². The van der Waals surface area contributed by atoms with Gasteiger partial charge >= 0.3 is 0 Å². The molecular weight excluding hydrogens is 488 g/mol. The number of nitrogens with zero attached hydrogens (tertiary/aromatic N) is 2. The van der Waals surface area contributed by atoms with Gasteiger partial charge in [-0.25, -0.2) is 0 Å². The summed E-state index contributed by atoms with van der Waals surface area (Å²) < 4.78 is 0. The SMILES string of the molecule is C=C(C)Cc1cc(C(C)CN2C(=O)CCC23CCC(=O)N3CC(C)c2ccc(O)c(CC(=C)C)c2)ccc1O. The second-order valence-electron chi connectivity index (χ2n) is 11.8. The Kier molecular flexibility index (Phi) is 8.24. The number of phenolic OH excluding ortho intramolecular Hbond substituents is 2. The number of phenols is 2. The van der Waals surface area contributed by atoms with Crippen molar-refractivity contribution in [3.8, 4) is 11.5 Å². The van der Waals surface area contributed by atoms with E-state index in [2.05, 4.69) is 27.0 Å². The van der Waals surface area contributed by atoms with Crippen LogP contribution in [0, 0.1) is 0 Å². The quantitative estimate of drug-likeness (QED) is 0.359. The number of hydrogen-bond donors (Lipinski definition) is 2. The molecule has 39 heavy (non-hydrogen) atoms. The summed E-state index contributed by atoms with van der Waals surface area (Å²) in [6.07, 6.45) is 3.36. The molecule has 1 spiro atoms. The fraction of sp³-hybridized carbons (Fsp3) is 0.455. The van der Waals surface area contributed by atoms with E-state index in [1.54, 1.807) is 12.1 Å². The molecule has 2 amide bonds. The summed E-state index contributed by atoms with van der Waals surface area (Å²) in [6.45, 7) is 17.0. The molecule has 2 unspecified atom stereocenters. The number of allylic oxidation sites excluding steroid dienone is 2. The summed E-state index contributed by atoms with van der Waals surface area (Å²) in [4.78, 5) is 30.4. The highest BCUT2D eigenvalue weighted by molar-refractivity contribution is 5.85. The van der Waals surface area contributed by atoms with Gasteiger partial charge in [0, 0.05) is 25.9 Å². The van der Waals surface area contributed by atoms with Crippen LogP contribution in [0.5, 0.6) is 11.5 Å². The predicted molar refractivity (Wildman–Crippen MR) is 155 cm³/mol. The smallest absolute Gasteiger partial charge is 0.224 e. The standard InChI is InChI=1S/C33H42N2O4/c1-21(2)15-27-17-25(7-9-29(27)36)23(5)19-34-31(38)11-13-33(34)14-12-32(39)35(33)20-24(6)26-8-10-30(37)28(18-26)16-22(3)4/h7-10,17-18,23-24,36-37H,1,3,11-16,19-20H2,2,4-6H3. The van der Waals surface area contributed by atoms with E-state index >= 15 is 0 Å². The van der Waals surface area contributed by atoms with Crippen molar-refractivity contribution >= 4 is 11.8 Å². The van der Waals surface area contributed by atoms with E-state index in [4.69, 9.17) is 0 Å². The Morgan fingerprint density at radius 1 is 0.795 bits per heavy atom. The lowest BCUT2D eigenvalue weighted by Gasteiger charge is -2.44. The van der Waals surface area contributed by atoms with Crippen LogP contribution in [0.25, 0.3) is 0 Å². The molecule has 0 saturated carbocycles. The summed E-state index contributed by atoms with van der Waals surface area (Å²) in [5.74, 6) is 0.747. The molecule has 2 atom stereocenters. The Hall–Kier alpha value is -3.54. The van der Waals surface area contributed by atoms with Crippen LogP contribution in [0.4, 0.5) is 0 Å². The molecule has 0 aliphatic carbocycles. The molecule has 0 aromatic heterocycles. The first kappa shape index (κ1) is 28.5. The number of hydrogen-bond acceptors (Lipinski definition) is 4. The minimum atomic E-state index is -0.606.